The van der Waals surface area contributed by atoms with Crippen LogP contribution in [0.3, 0.4) is 0 Å². The summed E-state index contributed by atoms with van der Waals surface area (Å²) in [7, 11) is 0. The molecule has 1 aromatic heterocycles. The Kier molecular flexibility index (Phi) is 4.70. The molecule has 1 aliphatic carbocycles. The molecule has 1 saturated carbocycles. The summed E-state index contributed by atoms with van der Waals surface area (Å²) in [6.45, 7) is 1.28. The van der Waals surface area contributed by atoms with E-state index in [-0.39, 0.29) is 11.8 Å². The van der Waals surface area contributed by atoms with E-state index in [0.717, 1.165) is 32.3 Å². The van der Waals surface area contributed by atoms with Crippen LogP contribution in [-0.2, 0) is 9.53 Å². The van der Waals surface area contributed by atoms with Crippen molar-refractivity contribution < 1.29 is 14.3 Å². The maximum absolute atomic E-state index is 12.1. The summed E-state index contributed by atoms with van der Waals surface area (Å²) in [4.78, 5) is 16.4. The molecule has 5 heteroatoms. The summed E-state index contributed by atoms with van der Waals surface area (Å²) in [5, 5.41) is 2.90. The van der Waals surface area contributed by atoms with Crippen molar-refractivity contribution in [2.24, 2.45) is 5.92 Å². The molecule has 21 heavy (non-hydrogen) atoms. The van der Waals surface area contributed by atoms with Crippen LogP contribution in [0.5, 0.6) is 5.88 Å². The van der Waals surface area contributed by atoms with E-state index in [4.69, 9.17) is 9.47 Å². The predicted molar refractivity (Wildman–Crippen MR) is 79.3 cm³/mol. The zero-order chi connectivity index (χ0) is 14.5. The van der Waals surface area contributed by atoms with Gasteiger partial charge in [-0.15, -0.1) is 0 Å². The van der Waals surface area contributed by atoms with E-state index in [0.29, 0.717) is 24.3 Å². The first-order valence-corrected chi connectivity index (χ1v) is 7.82. The van der Waals surface area contributed by atoms with Crippen LogP contribution in [0, 0.1) is 5.92 Å². The highest BCUT2D eigenvalue weighted by Gasteiger charge is 2.22. The number of carbonyl (C=O) groups excluding carboxylic acids is 1. The molecule has 1 amide bonds. The zero-order valence-corrected chi connectivity index (χ0v) is 12.2. The van der Waals surface area contributed by atoms with Gasteiger partial charge in [0.1, 0.15) is 6.10 Å². The number of hydrogen-bond donors (Lipinski definition) is 1. The Balaban J connectivity index is 1.52. The molecule has 1 atom stereocenters. The number of nitrogens with one attached hydrogen (secondary N) is 1. The lowest BCUT2D eigenvalue weighted by molar-refractivity contribution is -0.123. The van der Waals surface area contributed by atoms with Crippen molar-refractivity contribution in [3.63, 3.8) is 0 Å². The molecule has 0 radical (unpaired) electrons. The Bertz CT molecular complexity index is 463. The van der Waals surface area contributed by atoms with Gasteiger partial charge in [0.25, 0.3) is 0 Å². The van der Waals surface area contributed by atoms with Gasteiger partial charge in [0.2, 0.25) is 11.8 Å². The van der Waals surface area contributed by atoms with Crippen molar-refractivity contribution in [1.29, 1.82) is 0 Å². The first-order chi connectivity index (χ1) is 10.3. The van der Waals surface area contributed by atoms with E-state index >= 15 is 0 Å². The lowest BCUT2D eigenvalue weighted by atomic mass is 10.0. The lowest BCUT2D eigenvalue weighted by Gasteiger charge is -2.21. The van der Waals surface area contributed by atoms with Gasteiger partial charge in [0.05, 0.1) is 24.4 Å². The fourth-order valence-corrected chi connectivity index (χ4v) is 2.89. The fourth-order valence-electron chi connectivity index (χ4n) is 2.89. The van der Waals surface area contributed by atoms with E-state index in [1.165, 1.54) is 12.8 Å². The smallest absolute Gasteiger partial charge is 0.229 e. The first kappa shape index (κ1) is 14.3. The number of rotatable bonds is 4. The normalized spacial score (nSPS) is 23.0. The molecule has 2 heterocycles. The van der Waals surface area contributed by atoms with Crippen LogP contribution in [0.25, 0.3) is 0 Å². The summed E-state index contributed by atoms with van der Waals surface area (Å²) < 4.78 is 11.1. The Morgan fingerprint density at radius 1 is 1.24 bits per heavy atom. The minimum atomic E-state index is -0.0480. The monoisotopic (exact) mass is 290 g/mol. The van der Waals surface area contributed by atoms with Gasteiger partial charge in [0, 0.05) is 12.7 Å². The molecular formula is C16H22N2O3. The van der Waals surface area contributed by atoms with Gasteiger partial charge in [-0.3, -0.25) is 4.79 Å². The molecule has 5 nitrogen and oxygen atoms in total. The van der Waals surface area contributed by atoms with Crippen LogP contribution in [0.1, 0.15) is 38.5 Å². The van der Waals surface area contributed by atoms with E-state index < -0.39 is 0 Å². The van der Waals surface area contributed by atoms with Crippen molar-refractivity contribution in [1.82, 2.24) is 4.98 Å². The molecule has 0 spiro atoms. The van der Waals surface area contributed by atoms with E-state index in [1.807, 2.05) is 12.1 Å². The molecule has 2 aliphatic rings. The van der Waals surface area contributed by atoms with Crippen molar-refractivity contribution in [2.75, 3.05) is 18.5 Å². The molecule has 2 fully saturated rings. The molecule has 1 aliphatic heterocycles. The third-order valence-electron chi connectivity index (χ3n) is 4.12. The number of carbonyl (C=O) groups is 1. The quantitative estimate of drug-likeness (QED) is 0.926. The lowest BCUT2D eigenvalue weighted by Crippen LogP contribution is -2.30. The largest absolute Gasteiger partial charge is 0.474 e. The number of pyridine rings is 1. The van der Waals surface area contributed by atoms with Crippen LogP contribution >= 0.6 is 0 Å². The second-order valence-corrected chi connectivity index (χ2v) is 5.81. The number of hydrogen-bond acceptors (Lipinski definition) is 4. The Morgan fingerprint density at radius 2 is 2.10 bits per heavy atom. The number of anilines is 1. The average molecular weight is 290 g/mol. The molecule has 0 aromatic carbocycles. The van der Waals surface area contributed by atoms with Gasteiger partial charge >= 0.3 is 0 Å². The topological polar surface area (TPSA) is 60.5 Å². The predicted octanol–water partition coefficient (Wildman–Crippen LogP) is 2.77. The maximum atomic E-state index is 12.1. The zero-order valence-electron chi connectivity index (χ0n) is 12.2. The first-order valence-electron chi connectivity index (χ1n) is 7.82. The summed E-state index contributed by atoms with van der Waals surface area (Å²) in [5.41, 5.74) is 0.712. The molecule has 0 bridgehead atoms. The van der Waals surface area contributed by atoms with E-state index in [1.54, 1.807) is 6.20 Å². The third kappa shape index (κ3) is 3.94. The number of amides is 1. The van der Waals surface area contributed by atoms with Gasteiger partial charge in [-0.2, -0.15) is 0 Å². The van der Waals surface area contributed by atoms with Gasteiger partial charge in [-0.05, 0) is 44.6 Å². The maximum Gasteiger partial charge on any atom is 0.229 e. The van der Waals surface area contributed by atoms with Crippen LogP contribution in [0.15, 0.2) is 18.3 Å². The van der Waals surface area contributed by atoms with E-state index in [2.05, 4.69) is 10.3 Å². The highest BCUT2D eigenvalue weighted by atomic mass is 16.5. The van der Waals surface area contributed by atoms with Crippen molar-refractivity contribution in [3.05, 3.63) is 18.3 Å². The van der Waals surface area contributed by atoms with E-state index in [9.17, 15) is 4.79 Å². The standard InChI is InChI=1S/C16H22N2O3/c19-16(12-4-3-9-20-11-12)18-13-7-8-15(17-10-13)21-14-5-1-2-6-14/h7-8,10,12,14H,1-6,9,11H2,(H,18,19). The highest BCUT2D eigenvalue weighted by molar-refractivity contribution is 5.92. The minimum Gasteiger partial charge on any atom is -0.474 e. The van der Waals surface area contributed by atoms with Crippen LogP contribution in [-0.4, -0.2) is 30.2 Å². The minimum absolute atomic E-state index is 0.0148. The van der Waals surface area contributed by atoms with Crippen molar-refractivity contribution >= 4 is 11.6 Å². The SMILES string of the molecule is O=C(Nc1ccc(OC2CCCC2)nc1)C1CCCOC1. The molecule has 114 valence electrons. The molecule has 1 N–H and O–H groups in total. The molecule has 1 aromatic rings. The molecule has 3 rings (SSSR count). The second-order valence-electron chi connectivity index (χ2n) is 5.81. The number of nitrogens with zero attached hydrogens (tertiary/aromatic N) is 1. The summed E-state index contributed by atoms with van der Waals surface area (Å²) in [6, 6.07) is 3.67. The third-order valence-corrected chi connectivity index (χ3v) is 4.12. The van der Waals surface area contributed by atoms with Crippen molar-refractivity contribution in [3.8, 4) is 5.88 Å². The molecule has 1 saturated heterocycles. The second kappa shape index (κ2) is 6.89. The fraction of sp³-hybridized carbons (Fsp3) is 0.625. The Morgan fingerprint density at radius 3 is 2.76 bits per heavy atom. The summed E-state index contributed by atoms with van der Waals surface area (Å²) in [5.74, 6) is 0.607. The summed E-state index contributed by atoms with van der Waals surface area (Å²) >= 11 is 0. The van der Waals surface area contributed by atoms with Gasteiger partial charge in [-0.25, -0.2) is 4.98 Å². The van der Waals surface area contributed by atoms with Crippen molar-refractivity contribution in [2.45, 2.75) is 44.6 Å². The highest BCUT2D eigenvalue weighted by Crippen LogP contribution is 2.23. The van der Waals surface area contributed by atoms with Gasteiger partial charge in [-0.1, -0.05) is 0 Å². The van der Waals surface area contributed by atoms with Gasteiger partial charge < -0.3 is 14.8 Å². The van der Waals surface area contributed by atoms with Crippen LogP contribution in [0.2, 0.25) is 0 Å². The number of aromatic nitrogens is 1. The van der Waals surface area contributed by atoms with Crippen LogP contribution < -0.4 is 10.1 Å². The summed E-state index contributed by atoms with van der Waals surface area (Å²) in [6.07, 6.45) is 8.50. The Hall–Kier alpha value is -1.62. The number of ether oxygens (including phenoxy) is 2. The Labute approximate surface area is 125 Å². The molecular weight excluding hydrogens is 268 g/mol. The van der Waals surface area contributed by atoms with Gasteiger partial charge in [0.15, 0.2) is 0 Å². The molecule has 1 unspecified atom stereocenters. The average Bonchev–Trinajstić information content (AvgIpc) is 3.03. The van der Waals surface area contributed by atoms with Crippen LogP contribution in [0.4, 0.5) is 5.69 Å².